The Morgan fingerprint density at radius 3 is 0.904 bits per heavy atom. The molecule has 0 fully saturated rings. The van der Waals surface area contributed by atoms with Crippen LogP contribution in [-0.4, -0.2) is 34.9 Å². The average molecular weight is 1020 g/mol. The maximum Gasteiger partial charge on any atom is 0.220 e. The highest BCUT2D eigenvalue weighted by Gasteiger charge is 2.18. The number of carbonyl (C=O) groups is 1. The van der Waals surface area contributed by atoms with Crippen molar-refractivity contribution in [2.24, 2.45) is 0 Å². The molecule has 0 aliphatic heterocycles. The van der Waals surface area contributed by atoms with Gasteiger partial charge in [-0.3, -0.25) is 4.79 Å². The zero-order valence-electron chi connectivity index (χ0n) is 49.2. The number of hydrogen-bond donors (Lipinski definition) is 3. The van der Waals surface area contributed by atoms with Crippen LogP contribution in [0.25, 0.3) is 0 Å². The normalized spacial score (nSPS) is 13.2. The third-order valence-electron chi connectivity index (χ3n) is 14.9. The van der Waals surface area contributed by atoms with Gasteiger partial charge >= 0.3 is 0 Å². The van der Waals surface area contributed by atoms with Crippen molar-refractivity contribution in [3.05, 3.63) is 72.9 Å². The lowest BCUT2D eigenvalue weighted by Crippen LogP contribution is -2.45. The lowest BCUT2D eigenvalue weighted by molar-refractivity contribution is -0.123. The van der Waals surface area contributed by atoms with E-state index in [0.717, 1.165) is 57.8 Å². The summed E-state index contributed by atoms with van der Waals surface area (Å²) in [5.41, 5.74) is 0. The number of allylic oxidation sites excluding steroid dienone is 11. The van der Waals surface area contributed by atoms with Crippen LogP contribution in [0.1, 0.15) is 341 Å². The quantitative estimate of drug-likeness (QED) is 0.0420. The number of aliphatic hydroxyl groups excluding tert-OH is 2. The van der Waals surface area contributed by atoms with Crippen molar-refractivity contribution < 1.29 is 15.0 Å². The van der Waals surface area contributed by atoms with E-state index in [1.54, 1.807) is 6.08 Å². The van der Waals surface area contributed by atoms with E-state index in [-0.39, 0.29) is 12.5 Å². The van der Waals surface area contributed by atoms with Gasteiger partial charge in [-0.05, 0) is 64.2 Å². The third-order valence-corrected chi connectivity index (χ3v) is 14.9. The van der Waals surface area contributed by atoms with E-state index in [1.807, 2.05) is 6.08 Å². The number of unbranched alkanes of at least 4 members (excludes halogenated alkanes) is 43. The largest absolute Gasteiger partial charge is 0.394 e. The highest BCUT2D eigenvalue weighted by Crippen LogP contribution is 2.18. The second kappa shape index (κ2) is 64.1. The van der Waals surface area contributed by atoms with Crippen LogP contribution in [0, 0.1) is 0 Å². The molecule has 0 aromatic heterocycles. The van der Waals surface area contributed by atoms with Crippen molar-refractivity contribution in [3.63, 3.8) is 0 Å². The summed E-state index contributed by atoms with van der Waals surface area (Å²) in [5, 5.41) is 23.3. The molecule has 0 aliphatic rings. The van der Waals surface area contributed by atoms with Gasteiger partial charge in [-0.2, -0.15) is 0 Å². The molecule has 4 heteroatoms. The minimum atomic E-state index is -0.845. The molecule has 2 atom stereocenters. The fourth-order valence-electron chi connectivity index (χ4n) is 10.0. The SMILES string of the molecule is CC/C=C\C/C=C\C/C=C\C/C=C\C/C=C\CCCCCCCCCCCCCCCC(=O)NC(CO)C(O)/C=C/CCCCCCCCCCCCCCCCCCCCCCCCCCCCCCCC. The van der Waals surface area contributed by atoms with Gasteiger partial charge in [0.2, 0.25) is 5.91 Å². The Morgan fingerprint density at radius 1 is 0.342 bits per heavy atom. The fraction of sp³-hybridized carbons (Fsp3) is 0.812. The smallest absolute Gasteiger partial charge is 0.220 e. The molecule has 0 heterocycles. The van der Waals surface area contributed by atoms with Gasteiger partial charge in [0.15, 0.2) is 0 Å². The Hall–Kier alpha value is -2.17. The van der Waals surface area contributed by atoms with E-state index in [9.17, 15) is 15.0 Å². The van der Waals surface area contributed by atoms with E-state index >= 15 is 0 Å². The molecule has 0 radical (unpaired) electrons. The summed E-state index contributed by atoms with van der Waals surface area (Å²) in [5.74, 6) is -0.0632. The van der Waals surface area contributed by atoms with Gasteiger partial charge in [-0.1, -0.05) is 344 Å². The first-order valence-corrected chi connectivity index (χ1v) is 32.7. The van der Waals surface area contributed by atoms with Gasteiger partial charge in [0.05, 0.1) is 18.8 Å². The zero-order chi connectivity index (χ0) is 52.7. The van der Waals surface area contributed by atoms with Crippen molar-refractivity contribution in [2.45, 2.75) is 353 Å². The van der Waals surface area contributed by atoms with Gasteiger partial charge in [0, 0.05) is 6.42 Å². The summed E-state index contributed by atoms with van der Waals surface area (Å²) < 4.78 is 0. The highest BCUT2D eigenvalue weighted by molar-refractivity contribution is 5.76. The molecule has 0 aromatic carbocycles. The summed E-state index contributed by atoms with van der Waals surface area (Å²) in [6.07, 6.45) is 92.5. The molecule has 1 amide bonds. The summed E-state index contributed by atoms with van der Waals surface area (Å²) in [6.45, 7) is 4.23. The summed E-state index contributed by atoms with van der Waals surface area (Å²) in [4.78, 5) is 12.5. The molecule has 0 aromatic rings. The Bertz CT molecular complexity index is 1250. The molecular weight excluding hydrogens is 891 g/mol. The number of rotatable bonds is 60. The van der Waals surface area contributed by atoms with Crippen molar-refractivity contribution in [1.82, 2.24) is 5.32 Å². The third kappa shape index (κ3) is 60.6. The van der Waals surface area contributed by atoms with Gasteiger partial charge in [-0.15, -0.1) is 0 Å². The number of aliphatic hydroxyl groups is 2. The topological polar surface area (TPSA) is 69.6 Å². The van der Waals surface area contributed by atoms with Gasteiger partial charge < -0.3 is 15.5 Å². The van der Waals surface area contributed by atoms with E-state index in [0.29, 0.717) is 6.42 Å². The number of hydrogen-bond acceptors (Lipinski definition) is 3. The standard InChI is InChI=1S/C69H127NO3/c1-3-5-7-9-11-13-15-17-19-21-23-25-27-29-31-33-34-35-37-38-40-42-44-46-48-50-52-54-56-58-60-62-64-68(72)67(66-71)70-69(73)65-63-61-59-57-55-53-51-49-47-45-43-41-39-36-32-30-28-26-24-22-20-18-16-14-12-10-8-6-4-2/h6,8,12,14,18,20,24,26,30,32,62,64,67-68,71-72H,3-5,7,9-11,13,15-17,19,21-23,25,27-29,31,33-61,63,65-66H2,1-2H3,(H,70,73)/b8-6-,14-12-,20-18-,26-24-,32-30-,64-62+. The van der Waals surface area contributed by atoms with E-state index in [2.05, 4.69) is 79.9 Å². The molecule has 73 heavy (non-hydrogen) atoms. The molecule has 426 valence electrons. The molecule has 0 rings (SSSR count). The van der Waals surface area contributed by atoms with Crippen molar-refractivity contribution >= 4 is 5.91 Å². The predicted molar refractivity (Wildman–Crippen MR) is 327 cm³/mol. The molecular formula is C69H127NO3. The maximum atomic E-state index is 12.5. The number of carbonyl (C=O) groups excluding carboxylic acids is 1. The van der Waals surface area contributed by atoms with E-state index in [4.69, 9.17) is 0 Å². The minimum Gasteiger partial charge on any atom is -0.394 e. The van der Waals surface area contributed by atoms with Crippen LogP contribution in [-0.2, 0) is 4.79 Å². The lowest BCUT2D eigenvalue weighted by Gasteiger charge is -2.20. The highest BCUT2D eigenvalue weighted by atomic mass is 16.3. The molecule has 0 saturated heterocycles. The molecule has 2 unspecified atom stereocenters. The molecule has 0 spiro atoms. The van der Waals surface area contributed by atoms with Crippen molar-refractivity contribution in [1.29, 1.82) is 0 Å². The number of nitrogens with one attached hydrogen (secondary N) is 1. The molecule has 0 saturated carbocycles. The maximum absolute atomic E-state index is 12.5. The van der Waals surface area contributed by atoms with E-state index < -0.39 is 12.1 Å². The first-order chi connectivity index (χ1) is 36.2. The van der Waals surface area contributed by atoms with Crippen molar-refractivity contribution in [3.8, 4) is 0 Å². The summed E-state index contributed by atoms with van der Waals surface area (Å²) in [7, 11) is 0. The predicted octanol–water partition coefficient (Wildman–Crippen LogP) is 22.1. The van der Waals surface area contributed by atoms with E-state index in [1.165, 1.54) is 263 Å². The summed E-state index contributed by atoms with van der Waals surface area (Å²) >= 11 is 0. The first kappa shape index (κ1) is 70.8. The second-order valence-electron chi connectivity index (χ2n) is 22.2. The minimum absolute atomic E-state index is 0.0632. The molecule has 3 N–H and O–H groups in total. The fourth-order valence-corrected chi connectivity index (χ4v) is 10.0. The van der Waals surface area contributed by atoms with Gasteiger partial charge in [0.25, 0.3) is 0 Å². The van der Waals surface area contributed by atoms with Gasteiger partial charge in [0.1, 0.15) is 0 Å². The number of amides is 1. The van der Waals surface area contributed by atoms with Gasteiger partial charge in [-0.25, -0.2) is 0 Å². The first-order valence-electron chi connectivity index (χ1n) is 32.7. The molecule has 0 bridgehead atoms. The van der Waals surface area contributed by atoms with Crippen LogP contribution in [0.3, 0.4) is 0 Å². The monoisotopic (exact) mass is 1020 g/mol. The Labute approximate surface area is 457 Å². The summed E-state index contributed by atoms with van der Waals surface area (Å²) in [6, 6.07) is -0.628. The molecule has 4 nitrogen and oxygen atoms in total. The van der Waals surface area contributed by atoms with Crippen molar-refractivity contribution in [2.75, 3.05) is 6.61 Å². The lowest BCUT2D eigenvalue weighted by atomic mass is 10.0. The average Bonchev–Trinajstić information content (AvgIpc) is 3.40. The Morgan fingerprint density at radius 2 is 0.603 bits per heavy atom. The van der Waals surface area contributed by atoms with Crippen LogP contribution < -0.4 is 5.32 Å². The molecule has 0 aliphatic carbocycles. The zero-order valence-corrected chi connectivity index (χ0v) is 49.2. The van der Waals surface area contributed by atoms with Crippen LogP contribution in [0.2, 0.25) is 0 Å². The van der Waals surface area contributed by atoms with Crippen LogP contribution in [0.15, 0.2) is 72.9 Å². The van der Waals surface area contributed by atoms with Crippen LogP contribution in [0.5, 0.6) is 0 Å². The van der Waals surface area contributed by atoms with Crippen LogP contribution in [0.4, 0.5) is 0 Å². The second-order valence-corrected chi connectivity index (χ2v) is 22.2. The Balaban J connectivity index is 3.47. The van der Waals surface area contributed by atoms with Crippen LogP contribution >= 0.6 is 0 Å². The Kier molecular flexibility index (Phi) is 62.2.